The van der Waals surface area contributed by atoms with Gasteiger partial charge in [-0.25, -0.2) is 10.2 Å². The van der Waals surface area contributed by atoms with Gasteiger partial charge >= 0.3 is 6.03 Å². The Morgan fingerprint density at radius 3 is 2.61 bits per heavy atom. The fraction of sp³-hybridized carbons (Fsp3) is 0.556. The second-order valence-corrected chi connectivity index (χ2v) is 8.89. The van der Waals surface area contributed by atoms with E-state index in [4.69, 9.17) is 0 Å². The lowest BCUT2D eigenvalue weighted by atomic mass is 9.71. The highest BCUT2D eigenvalue weighted by atomic mass is 79.9. The van der Waals surface area contributed by atoms with Gasteiger partial charge in [0.05, 0.1) is 0 Å². The summed E-state index contributed by atoms with van der Waals surface area (Å²) in [5, 5.41) is 7.45. The zero-order valence-corrected chi connectivity index (χ0v) is 14.1. The number of carbonyl (C=O) groups excluding carboxylic acids is 1. The van der Waals surface area contributed by atoms with E-state index in [0.29, 0.717) is 16.7 Å². The molecule has 0 saturated heterocycles. The van der Waals surface area contributed by atoms with Crippen molar-refractivity contribution in [3.63, 3.8) is 0 Å². The summed E-state index contributed by atoms with van der Waals surface area (Å²) in [5.41, 5.74) is 4.86. The average molecular weight is 372 g/mol. The van der Waals surface area contributed by atoms with Gasteiger partial charge in [-0.15, -0.1) is 0 Å². The predicted octanol–water partition coefficient (Wildman–Crippen LogP) is 3.32. The number of hydrazone groups is 1. The van der Waals surface area contributed by atoms with E-state index in [-0.39, 0.29) is 6.03 Å². The summed E-state index contributed by atoms with van der Waals surface area (Å²) in [6.45, 7) is 0. The Morgan fingerprint density at radius 2 is 1.83 bits per heavy atom. The first-order valence-corrected chi connectivity index (χ1v) is 9.51. The number of nitrogens with zero attached hydrogens (tertiary/aromatic N) is 1. The number of amides is 2. The number of hydrogen-bond donors (Lipinski definition) is 2. The summed E-state index contributed by atoms with van der Waals surface area (Å²) in [6, 6.07) is 9.28. The topological polar surface area (TPSA) is 53.5 Å². The van der Waals surface area contributed by atoms with Gasteiger partial charge in [-0.2, -0.15) is 5.10 Å². The minimum Gasteiger partial charge on any atom is -0.307 e. The third kappa shape index (κ3) is 1.40. The zero-order chi connectivity index (χ0) is 15.3. The molecule has 1 aromatic carbocycles. The minimum absolute atomic E-state index is 0.238. The van der Waals surface area contributed by atoms with Gasteiger partial charge in [-0.1, -0.05) is 34.1 Å². The first-order valence-electron chi connectivity index (χ1n) is 8.59. The Labute approximate surface area is 143 Å². The molecule has 6 bridgehead atoms. The molecule has 0 radical (unpaired) electrons. The number of alkyl halides is 1. The molecule has 23 heavy (non-hydrogen) atoms. The fourth-order valence-electron chi connectivity index (χ4n) is 7.17. The van der Waals surface area contributed by atoms with Gasteiger partial charge in [0, 0.05) is 28.1 Å². The van der Waals surface area contributed by atoms with Crippen LogP contribution >= 0.6 is 15.9 Å². The standard InChI is InChI=1S/C18H18BrN3O/c19-16-12-8-6-9-10(12)15-14(16)11(8)13(9)17(15)21-22-18(23)20-7-4-2-1-3-5-7/h1-5,8-16H,6H2,(H2,20,22,23)/b21-17-/t8-,9+,10+,11+,12-,13-,14-,15+,16+/m1/s1. The van der Waals surface area contributed by atoms with Gasteiger partial charge in [0.2, 0.25) is 0 Å². The Hall–Kier alpha value is -1.36. The van der Waals surface area contributed by atoms with Crippen molar-refractivity contribution in [1.29, 1.82) is 0 Å². The molecule has 118 valence electrons. The molecule has 7 rings (SSSR count). The fourth-order valence-corrected chi connectivity index (χ4v) is 8.60. The summed E-state index contributed by atoms with van der Waals surface area (Å²) >= 11 is 3.98. The van der Waals surface area contributed by atoms with E-state index in [1.165, 1.54) is 12.1 Å². The number of nitrogens with one attached hydrogen (secondary N) is 2. The lowest BCUT2D eigenvalue weighted by Gasteiger charge is -2.32. The Morgan fingerprint density at radius 1 is 1.04 bits per heavy atom. The second-order valence-electron chi connectivity index (χ2n) is 7.84. The number of benzene rings is 1. The van der Waals surface area contributed by atoms with E-state index in [1.807, 2.05) is 30.3 Å². The second kappa shape index (κ2) is 4.18. The minimum atomic E-state index is -0.238. The maximum absolute atomic E-state index is 12.1. The Balaban J connectivity index is 1.24. The number of hydrogen-bond acceptors (Lipinski definition) is 2. The quantitative estimate of drug-likeness (QED) is 0.607. The van der Waals surface area contributed by atoms with Crippen LogP contribution in [0.4, 0.5) is 10.5 Å². The summed E-state index contributed by atoms with van der Waals surface area (Å²) in [5.74, 6) is 6.47. The van der Waals surface area contributed by atoms with Crippen molar-refractivity contribution in [2.45, 2.75) is 11.2 Å². The molecular weight excluding hydrogens is 354 g/mol. The highest BCUT2D eigenvalue weighted by Gasteiger charge is 2.82. The zero-order valence-electron chi connectivity index (χ0n) is 12.5. The van der Waals surface area contributed by atoms with Gasteiger partial charge in [0.15, 0.2) is 0 Å². The summed E-state index contributed by atoms with van der Waals surface area (Å²) in [6.07, 6.45) is 1.41. The van der Waals surface area contributed by atoms with Crippen LogP contribution in [-0.2, 0) is 0 Å². The molecule has 4 nitrogen and oxygen atoms in total. The molecule has 1 aromatic rings. The summed E-state index contributed by atoms with van der Waals surface area (Å²) < 4.78 is 0. The molecule has 6 fully saturated rings. The number of urea groups is 1. The molecule has 0 aromatic heterocycles. The van der Waals surface area contributed by atoms with Gasteiger partial charge < -0.3 is 5.32 Å². The molecule has 0 spiro atoms. The van der Waals surface area contributed by atoms with E-state index < -0.39 is 0 Å². The van der Waals surface area contributed by atoms with Crippen molar-refractivity contribution < 1.29 is 4.79 Å². The number of anilines is 1. The van der Waals surface area contributed by atoms with E-state index in [0.717, 1.165) is 41.2 Å². The van der Waals surface area contributed by atoms with Crippen molar-refractivity contribution in [2.75, 3.05) is 5.32 Å². The SMILES string of the molecule is O=C(N/N=C1/[C@@H]2[C@H]3C[C@H]4[C@H]5[C@H](Br)[C@@H]([C@@H]1[C@@H]35)[C@@H]42)Nc1ccccc1. The van der Waals surface area contributed by atoms with Crippen molar-refractivity contribution in [2.24, 2.45) is 52.4 Å². The number of halogens is 1. The lowest BCUT2D eigenvalue weighted by Crippen LogP contribution is -2.30. The van der Waals surface area contributed by atoms with Gasteiger partial charge in [-0.3, -0.25) is 0 Å². The molecule has 0 aliphatic heterocycles. The van der Waals surface area contributed by atoms with Crippen molar-refractivity contribution in [3.05, 3.63) is 30.3 Å². The van der Waals surface area contributed by atoms with Crippen molar-refractivity contribution in [3.8, 4) is 0 Å². The molecule has 0 unspecified atom stereocenters. The molecule has 6 aliphatic carbocycles. The average Bonchev–Trinajstić information content (AvgIpc) is 3.28. The Kier molecular flexibility index (Phi) is 2.36. The lowest BCUT2D eigenvalue weighted by molar-refractivity contribution is 0.132. The highest BCUT2D eigenvalue weighted by molar-refractivity contribution is 9.09. The molecule has 2 amide bonds. The first-order chi connectivity index (χ1) is 11.3. The van der Waals surface area contributed by atoms with Gasteiger partial charge in [0.1, 0.15) is 0 Å². The van der Waals surface area contributed by atoms with Crippen molar-refractivity contribution >= 4 is 33.4 Å². The van der Waals surface area contributed by atoms with Crippen LogP contribution in [0.15, 0.2) is 35.4 Å². The number of carbonyl (C=O) groups is 1. The smallest absolute Gasteiger partial charge is 0.307 e. The third-order valence-corrected chi connectivity index (χ3v) is 8.58. The largest absolute Gasteiger partial charge is 0.339 e. The van der Waals surface area contributed by atoms with Crippen LogP contribution in [-0.4, -0.2) is 16.6 Å². The molecule has 6 saturated carbocycles. The van der Waals surface area contributed by atoms with Crippen LogP contribution in [0, 0.1) is 47.3 Å². The van der Waals surface area contributed by atoms with E-state index in [2.05, 4.69) is 31.8 Å². The normalized spacial score (nSPS) is 51.3. The van der Waals surface area contributed by atoms with E-state index in [1.54, 1.807) is 0 Å². The first kappa shape index (κ1) is 13.0. The van der Waals surface area contributed by atoms with Crippen LogP contribution < -0.4 is 10.7 Å². The highest BCUT2D eigenvalue weighted by Crippen LogP contribution is 2.82. The number of rotatable bonds is 2. The maximum Gasteiger partial charge on any atom is 0.339 e. The van der Waals surface area contributed by atoms with Crippen LogP contribution in [0.2, 0.25) is 0 Å². The molecule has 9 atom stereocenters. The molecule has 0 heterocycles. The van der Waals surface area contributed by atoms with Crippen LogP contribution in [0.5, 0.6) is 0 Å². The maximum atomic E-state index is 12.1. The van der Waals surface area contributed by atoms with Gasteiger partial charge in [-0.05, 0) is 54.1 Å². The summed E-state index contributed by atoms with van der Waals surface area (Å²) in [7, 11) is 0. The molecule has 2 N–H and O–H groups in total. The third-order valence-electron chi connectivity index (χ3n) is 7.36. The van der Waals surface area contributed by atoms with Crippen LogP contribution in [0.25, 0.3) is 0 Å². The predicted molar refractivity (Wildman–Crippen MR) is 91.3 cm³/mol. The molecule has 6 aliphatic rings. The van der Waals surface area contributed by atoms with E-state index >= 15 is 0 Å². The van der Waals surface area contributed by atoms with Crippen LogP contribution in [0.1, 0.15) is 6.42 Å². The van der Waals surface area contributed by atoms with Crippen molar-refractivity contribution in [1.82, 2.24) is 5.43 Å². The monoisotopic (exact) mass is 371 g/mol. The number of para-hydroxylation sites is 1. The van der Waals surface area contributed by atoms with Crippen LogP contribution in [0.3, 0.4) is 0 Å². The van der Waals surface area contributed by atoms with Gasteiger partial charge in [0.25, 0.3) is 0 Å². The van der Waals surface area contributed by atoms with E-state index in [9.17, 15) is 4.79 Å². The molecule has 5 heteroatoms. The summed E-state index contributed by atoms with van der Waals surface area (Å²) in [4.78, 5) is 12.8. The molecular formula is C18H18BrN3O. The Bertz CT molecular complexity index is 733.